The Labute approximate surface area is 124 Å². The molecule has 0 saturated carbocycles. The van der Waals surface area contributed by atoms with Crippen LogP contribution in [-0.4, -0.2) is 23.2 Å². The summed E-state index contributed by atoms with van der Waals surface area (Å²) >= 11 is 6.13. The van der Waals surface area contributed by atoms with Crippen LogP contribution in [0.25, 0.3) is 0 Å². The molecule has 0 radical (unpaired) electrons. The first-order valence-corrected chi connectivity index (χ1v) is 7.32. The number of hydrogen-bond acceptors (Lipinski definition) is 4. The topological polar surface area (TPSA) is 51.0 Å². The second kappa shape index (κ2) is 7.41. The highest BCUT2D eigenvalue weighted by atomic mass is 35.5. The Balaban J connectivity index is 2.00. The lowest BCUT2D eigenvalue weighted by Crippen LogP contribution is -2.27. The molecule has 108 valence electrons. The van der Waals surface area contributed by atoms with Crippen LogP contribution < -0.4 is 5.32 Å². The predicted octanol–water partition coefficient (Wildman–Crippen LogP) is 3.24. The molecule has 1 N–H and O–H groups in total. The Hall–Kier alpha value is -1.39. The molecular formula is C15H20ClN3O. The Morgan fingerprint density at radius 1 is 1.35 bits per heavy atom. The van der Waals surface area contributed by atoms with Gasteiger partial charge in [0.1, 0.15) is 0 Å². The highest BCUT2D eigenvalue weighted by Crippen LogP contribution is 2.18. The molecule has 1 aromatic heterocycles. The zero-order valence-electron chi connectivity index (χ0n) is 11.9. The van der Waals surface area contributed by atoms with Crippen LogP contribution in [0.5, 0.6) is 0 Å². The van der Waals surface area contributed by atoms with Gasteiger partial charge in [0.05, 0.1) is 0 Å². The van der Waals surface area contributed by atoms with Crippen molar-refractivity contribution in [3.63, 3.8) is 0 Å². The van der Waals surface area contributed by atoms with E-state index in [1.54, 1.807) is 0 Å². The van der Waals surface area contributed by atoms with Crippen LogP contribution in [0.3, 0.4) is 0 Å². The first-order chi connectivity index (χ1) is 9.72. The van der Waals surface area contributed by atoms with Gasteiger partial charge in [0.2, 0.25) is 5.89 Å². The van der Waals surface area contributed by atoms with E-state index in [4.69, 9.17) is 16.1 Å². The third-order valence-electron chi connectivity index (χ3n) is 3.28. The van der Waals surface area contributed by atoms with Crippen LogP contribution in [0.15, 0.2) is 28.8 Å². The second-order valence-corrected chi connectivity index (χ2v) is 5.26. The Kier molecular flexibility index (Phi) is 5.56. The fourth-order valence-electron chi connectivity index (χ4n) is 2.16. The van der Waals surface area contributed by atoms with E-state index in [2.05, 4.69) is 22.4 Å². The monoisotopic (exact) mass is 293 g/mol. The molecule has 1 unspecified atom stereocenters. The summed E-state index contributed by atoms with van der Waals surface area (Å²) in [7, 11) is 1.96. The number of likely N-dealkylation sites (N-methyl/N-ethyl adjacent to an activating group) is 1. The van der Waals surface area contributed by atoms with Crippen LogP contribution >= 0.6 is 11.6 Å². The third-order valence-corrected chi connectivity index (χ3v) is 3.65. The molecule has 5 heteroatoms. The number of halogens is 1. The fourth-order valence-corrected chi connectivity index (χ4v) is 2.37. The van der Waals surface area contributed by atoms with E-state index in [-0.39, 0.29) is 0 Å². The molecule has 0 aliphatic heterocycles. The third kappa shape index (κ3) is 4.05. The summed E-state index contributed by atoms with van der Waals surface area (Å²) in [6.45, 7) is 2.17. The summed E-state index contributed by atoms with van der Waals surface area (Å²) in [6, 6.07) is 8.10. The molecule has 0 amide bonds. The lowest BCUT2D eigenvalue weighted by Gasteiger charge is -2.11. The van der Waals surface area contributed by atoms with Gasteiger partial charge in [0.15, 0.2) is 5.82 Å². The van der Waals surface area contributed by atoms with E-state index >= 15 is 0 Å². The first-order valence-electron chi connectivity index (χ1n) is 6.95. The predicted molar refractivity (Wildman–Crippen MR) is 80.0 cm³/mol. The number of nitrogens with one attached hydrogen (secondary N) is 1. The van der Waals surface area contributed by atoms with E-state index in [1.807, 2.05) is 31.3 Å². The summed E-state index contributed by atoms with van der Waals surface area (Å²) in [6.07, 6.45) is 3.59. The summed E-state index contributed by atoms with van der Waals surface area (Å²) < 4.78 is 5.31. The molecule has 2 aromatic rings. The van der Waals surface area contributed by atoms with Gasteiger partial charge >= 0.3 is 0 Å². The van der Waals surface area contributed by atoms with Gasteiger partial charge in [0.25, 0.3) is 0 Å². The number of benzene rings is 1. The van der Waals surface area contributed by atoms with Gasteiger partial charge in [-0.05, 0) is 25.1 Å². The van der Waals surface area contributed by atoms with Gasteiger partial charge < -0.3 is 9.84 Å². The molecule has 4 nitrogen and oxygen atoms in total. The van der Waals surface area contributed by atoms with E-state index in [0.29, 0.717) is 24.2 Å². The molecule has 1 aromatic carbocycles. The Morgan fingerprint density at radius 2 is 2.15 bits per heavy atom. The van der Waals surface area contributed by atoms with Crippen molar-refractivity contribution in [1.29, 1.82) is 0 Å². The minimum atomic E-state index is 0.383. The highest BCUT2D eigenvalue weighted by molar-refractivity contribution is 6.31. The quantitative estimate of drug-likeness (QED) is 0.851. The molecule has 2 rings (SSSR count). The average Bonchev–Trinajstić information content (AvgIpc) is 2.88. The normalized spacial score (nSPS) is 12.6. The van der Waals surface area contributed by atoms with Crippen molar-refractivity contribution >= 4 is 11.6 Å². The van der Waals surface area contributed by atoms with Gasteiger partial charge in [-0.3, -0.25) is 0 Å². The van der Waals surface area contributed by atoms with E-state index in [0.717, 1.165) is 29.8 Å². The summed E-state index contributed by atoms with van der Waals surface area (Å²) in [5.74, 6) is 1.36. The fraction of sp³-hybridized carbons (Fsp3) is 0.467. The second-order valence-electron chi connectivity index (χ2n) is 4.85. The van der Waals surface area contributed by atoms with Crippen LogP contribution in [-0.2, 0) is 12.8 Å². The molecular weight excluding hydrogens is 274 g/mol. The summed E-state index contributed by atoms with van der Waals surface area (Å²) in [5.41, 5.74) is 1.01. The smallest absolute Gasteiger partial charge is 0.228 e. The number of hydrogen-bond donors (Lipinski definition) is 1. The molecule has 1 heterocycles. The molecule has 0 spiro atoms. The number of aromatic nitrogens is 2. The molecule has 0 saturated heterocycles. The molecule has 0 bridgehead atoms. The van der Waals surface area contributed by atoms with E-state index < -0.39 is 0 Å². The van der Waals surface area contributed by atoms with Crippen molar-refractivity contribution < 1.29 is 4.52 Å². The van der Waals surface area contributed by atoms with Crippen molar-refractivity contribution in [3.8, 4) is 0 Å². The van der Waals surface area contributed by atoms with Crippen molar-refractivity contribution in [1.82, 2.24) is 15.5 Å². The lowest BCUT2D eigenvalue weighted by atomic mass is 10.1. The van der Waals surface area contributed by atoms with Gasteiger partial charge in [-0.25, -0.2) is 0 Å². The van der Waals surface area contributed by atoms with Crippen molar-refractivity contribution in [2.45, 2.75) is 38.6 Å². The van der Waals surface area contributed by atoms with Gasteiger partial charge in [0, 0.05) is 23.9 Å². The first kappa shape index (κ1) is 15.0. The molecule has 0 aliphatic carbocycles. The van der Waals surface area contributed by atoms with Gasteiger partial charge in [-0.2, -0.15) is 4.98 Å². The van der Waals surface area contributed by atoms with Crippen LogP contribution in [0.2, 0.25) is 5.02 Å². The SMILES string of the molecule is CCCC(Cc1nc(Cc2ccccc2Cl)no1)NC. The minimum absolute atomic E-state index is 0.383. The molecule has 0 fully saturated rings. The maximum absolute atomic E-state index is 6.13. The van der Waals surface area contributed by atoms with Gasteiger partial charge in [-0.15, -0.1) is 0 Å². The molecule has 0 aliphatic rings. The van der Waals surface area contributed by atoms with Crippen molar-refractivity contribution in [2.75, 3.05) is 7.05 Å². The van der Waals surface area contributed by atoms with Crippen molar-refractivity contribution in [2.24, 2.45) is 0 Å². The van der Waals surface area contributed by atoms with Crippen LogP contribution in [0.4, 0.5) is 0 Å². The summed E-state index contributed by atoms with van der Waals surface area (Å²) in [4.78, 5) is 4.44. The highest BCUT2D eigenvalue weighted by Gasteiger charge is 2.13. The van der Waals surface area contributed by atoms with Crippen molar-refractivity contribution in [3.05, 3.63) is 46.6 Å². The van der Waals surface area contributed by atoms with Crippen LogP contribution in [0, 0.1) is 0 Å². The Bertz CT molecular complexity index is 541. The Morgan fingerprint density at radius 3 is 2.85 bits per heavy atom. The minimum Gasteiger partial charge on any atom is -0.339 e. The zero-order valence-corrected chi connectivity index (χ0v) is 12.7. The standard InChI is InChI=1S/C15H20ClN3O/c1-3-6-12(17-2)10-15-18-14(19-20-15)9-11-7-4-5-8-13(11)16/h4-5,7-8,12,17H,3,6,9-10H2,1-2H3. The molecule has 1 atom stereocenters. The largest absolute Gasteiger partial charge is 0.339 e. The maximum Gasteiger partial charge on any atom is 0.228 e. The number of nitrogens with zero attached hydrogens (tertiary/aromatic N) is 2. The lowest BCUT2D eigenvalue weighted by molar-refractivity contribution is 0.352. The van der Waals surface area contributed by atoms with E-state index in [1.165, 1.54) is 0 Å². The number of rotatable bonds is 7. The van der Waals surface area contributed by atoms with Crippen LogP contribution in [0.1, 0.15) is 37.0 Å². The molecule has 20 heavy (non-hydrogen) atoms. The zero-order chi connectivity index (χ0) is 14.4. The maximum atomic E-state index is 6.13. The van der Waals surface area contributed by atoms with E-state index in [9.17, 15) is 0 Å². The average molecular weight is 294 g/mol. The summed E-state index contributed by atoms with van der Waals surface area (Å²) in [5, 5.41) is 8.03. The van der Waals surface area contributed by atoms with Gasteiger partial charge in [-0.1, -0.05) is 48.3 Å².